The number of nitrogens with zero attached hydrogens (tertiary/aromatic N) is 1. The van der Waals surface area contributed by atoms with Crippen molar-refractivity contribution in [3.63, 3.8) is 0 Å². The van der Waals surface area contributed by atoms with E-state index in [1.54, 1.807) is 19.1 Å². The highest BCUT2D eigenvalue weighted by molar-refractivity contribution is 14.0. The highest BCUT2D eigenvalue weighted by Gasteiger charge is 2.07. The fourth-order valence-electron chi connectivity index (χ4n) is 1.83. The number of guanidine groups is 1. The fraction of sp³-hybridized carbons (Fsp3) is 0.529. The van der Waals surface area contributed by atoms with E-state index >= 15 is 0 Å². The van der Waals surface area contributed by atoms with Gasteiger partial charge in [0.15, 0.2) is 5.96 Å². The highest BCUT2D eigenvalue weighted by atomic mass is 127. The Kier molecular flexibility index (Phi) is 11.4. The molecule has 0 fully saturated rings. The molecule has 5 nitrogen and oxygen atoms in total. The number of aryl methyl sites for hydroxylation is 1. The van der Waals surface area contributed by atoms with Crippen molar-refractivity contribution < 1.29 is 9.18 Å². The fourth-order valence-corrected chi connectivity index (χ4v) is 1.83. The lowest BCUT2D eigenvalue weighted by molar-refractivity contribution is 0.0954. The molecule has 0 radical (unpaired) electrons. The van der Waals surface area contributed by atoms with Crippen LogP contribution >= 0.6 is 24.0 Å². The molecule has 0 aliphatic heterocycles. The van der Waals surface area contributed by atoms with Crippen molar-refractivity contribution in [2.24, 2.45) is 4.99 Å². The van der Waals surface area contributed by atoms with Crippen molar-refractivity contribution in [1.82, 2.24) is 16.0 Å². The summed E-state index contributed by atoms with van der Waals surface area (Å²) in [6, 6.07) is 4.80. The minimum Gasteiger partial charge on any atom is -0.357 e. The highest BCUT2D eigenvalue weighted by Crippen LogP contribution is 2.08. The normalized spacial score (nSPS) is 12.1. The van der Waals surface area contributed by atoms with E-state index < -0.39 is 0 Å². The van der Waals surface area contributed by atoms with Crippen LogP contribution in [0.15, 0.2) is 23.2 Å². The molecule has 0 aliphatic rings. The lowest BCUT2D eigenvalue weighted by Gasteiger charge is -2.16. The topological polar surface area (TPSA) is 65.5 Å². The zero-order valence-corrected chi connectivity index (χ0v) is 17.1. The molecule has 0 saturated heterocycles. The Morgan fingerprint density at radius 1 is 1.29 bits per heavy atom. The molecule has 1 aromatic rings. The van der Waals surface area contributed by atoms with Crippen LogP contribution in [0.4, 0.5) is 4.39 Å². The van der Waals surface area contributed by atoms with Crippen LogP contribution in [0, 0.1) is 12.7 Å². The third-order valence-electron chi connectivity index (χ3n) is 3.44. The molecule has 0 heterocycles. The van der Waals surface area contributed by atoms with E-state index in [1.807, 2.05) is 6.92 Å². The van der Waals surface area contributed by atoms with Gasteiger partial charge in [0.2, 0.25) is 0 Å². The summed E-state index contributed by atoms with van der Waals surface area (Å²) in [6.07, 6.45) is 1.00. The van der Waals surface area contributed by atoms with E-state index in [0.717, 1.165) is 18.9 Å². The number of halogens is 2. The second kappa shape index (κ2) is 12.0. The summed E-state index contributed by atoms with van der Waals surface area (Å²) >= 11 is 0. The molecule has 0 aliphatic carbocycles. The van der Waals surface area contributed by atoms with E-state index in [-0.39, 0.29) is 35.7 Å². The lowest BCUT2D eigenvalue weighted by atomic mass is 10.1. The van der Waals surface area contributed by atoms with Gasteiger partial charge in [-0.2, -0.15) is 0 Å². The van der Waals surface area contributed by atoms with Gasteiger partial charge in [0, 0.05) is 24.7 Å². The van der Waals surface area contributed by atoms with Crippen LogP contribution in [0.25, 0.3) is 0 Å². The van der Waals surface area contributed by atoms with Gasteiger partial charge in [-0.25, -0.2) is 4.39 Å². The quantitative estimate of drug-likeness (QED) is 0.259. The largest absolute Gasteiger partial charge is 0.357 e. The van der Waals surface area contributed by atoms with Crippen LogP contribution in [0.5, 0.6) is 0 Å². The molecule has 0 aromatic heterocycles. The summed E-state index contributed by atoms with van der Waals surface area (Å²) in [6.45, 7) is 9.47. The maximum absolute atomic E-state index is 13.5. The Morgan fingerprint density at radius 2 is 2.00 bits per heavy atom. The molecule has 7 heteroatoms. The number of hydrogen-bond donors (Lipinski definition) is 3. The third-order valence-corrected chi connectivity index (χ3v) is 3.44. The van der Waals surface area contributed by atoms with Gasteiger partial charge in [-0.3, -0.25) is 9.79 Å². The third kappa shape index (κ3) is 7.94. The number of hydrogen-bond acceptors (Lipinski definition) is 2. The van der Waals surface area contributed by atoms with E-state index in [4.69, 9.17) is 0 Å². The van der Waals surface area contributed by atoms with Crippen molar-refractivity contribution in [1.29, 1.82) is 0 Å². The zero-order valence-electron chi connectivity index (χ0n) is 14.8. The van der Waals surface area contributed by atoms with Gasteiger partial charge in [-0.05, 0) is 44.9 Å². The number of carbonyl (C=O) groups excluding carboxylic acids is 1. The van der Waals surface area contributed by atoms with Crippen LogP contribution in [-0.4, -0.2) is 37.5 Å². The first kappa shape index (κ1) is 22.6. The van der Waals surface area contributed by atoms with Crippen molar-refractivity contribution in [3.8, 4) is 0 Å². The number of aliphatic imine (C=N–C) groups is 1. The maximum Gasteiger partial charge on any atom is 0.251 e. The number of amides is 1. The molecule has 1 unspecified atom stereocenters. The Hall–Kier alpha value is -1.38. The molecule has 136 valence electrons. The summed E-state index contributed by atoms with van der Waals surface area (Å²) in [5.74, 6) is 0.0688. The molecule has 24 heavy (non-hydrogen) atoms. The smallest absolute Gasteiger partial charge is 0.251 e. The van der Waals surface area contributed by atoms with Gasteiger partial charge < -0.3 is 16.0 Å². The van der Waals surface area contributed by atoms with Gasteiger partial charge >= 0.3 is 0 Å². The molecule has 1 atom stereocenters. The standard InChI is InChI=1S/C17H27FN4O.HI/c1-5-13(4)22-17(19-6-2)21-10-9-20-16(23)14-8-7-12(3)15(18)11-14;/h7-8,11,13H,5-6,9-10H2,1-4H3,(H,20,23)(H2,19,21,22);1H. The Bertz CT molecular complexity index is 551. The van der Waals surface area contributed by atoms with E-state index in [9.17, 15) is 9.18 Å². The van der Waals surface area contributed by atoms with Gasteiger partial charge in [0.05, 0.1) is 6.54 Å². The van der Waals surface area contributed by atoms with Crippen LogP contribution < -0.4 is 16.0 Å². The van der Waals surface area contributed by atoms with Crippen LogP contribution in [0.1, 0.15) is 43.1 Å². The van der Waals surface area contributed by atoms with Crippen molar-refractivity contribution in [2.45, 2.75) is 40.2 Å². The second-order valence-electron chi connectivity index (χ2n) is 5.43. The second-order valence-corrected chi connectivity index (χ2v) is 5.43. The number of carbonyl (C=O) groups is 1. The van der Waals surface area contributed by atoms with Gasteiger partial charge in [0.25, 0.3) is 5.91 Å². The first-order valence-corrected chi connectivity index (χ1v) is 8.07. The molecule has 0 saturated carbocycles. The Labute approximate surface area is 160 Å². The molecular formula is C17H28FIN4O. The van der Waals surface area contributed by atoms with E-state index in [0.29, 0.717) is 30.3 Å². The van der Waals surface area contributed by atoms with Crippen LogP contribution in [0.3, 0.4) is 0 Å². The molecule has 1 amide bonds. The molecular weight excluding hydrogens is 422 g/mol. The number of rotatable bonds is 7. The average molecular weight is 450 g/mol. The van der Waals surface area contributed by atoms with Gasteiger partial charge in [-0.1, -0.05) is 13.0 Å². The summed E-state index contributed by atoms with van der Waals surface area (Å²) < 4.78 is 13.5. The molecule has 1 rings (SSSR count). The molecule has 1 aromatic carbocycles. The number of nitrogens with one attached hydrogen (secondary N) is 3. The van der Waals surface area contributed by atoms with Crippen LogP contribution in [0.2, 0.25) is 0 Å². The van der Waals surface area contributed by atoms with Crippen LogP contribution in [-0.2, 0) is 0 Å². The van der Waals surface area contributed by atoms with E-state index in [1.165, 1.54) is 6.07 Å². The summed E-state index contributed by atoms with van der Waals surface area (Å²) in [5.41, 5.74) is 0.847. The van der Waals surface area contributed by atoms with Crippen molar-refractivity contribution >= 4 is 35.8 Å². The summed E-state index contributed by atoms with van der Waals surface area (Å²) in [7, 11) is 0. The van der Waals surface area contributed by atoms with Gasteiger partial charge in [-0.15, -0.1) is 24.0 Å². The molecule has 0 spiro atoms. The lowest BCUT2D eigenvalue weighted by Crippen LogP contribution is -2.42. The minimum atomic E-state index is -0.372. The summed E-state index contributed by atoms with van der Waals surface area (Å²) in [4.78, 5) is 16.3. The molecule has 3 N–H and O–H groups in total. The summed E-state index contributed by atoms with van der Waals surface area (Å²) in [5, 5.41) is 9.18. The average Bonchev–Trinajstić information content (AvgIpc) is 2.53. The first-order chi connectivity index (χ1) is 11.0. The zero-order chi connectivity index (χ0) is 17.2. The van der Waals surface area contributed by atoms with Gasteiger partial charge in [0.1, 0.15) is 5.82 Å². The van der Waals surface area contributed by atoms with E-state index in [2.05, 4.69) is 34.8 Å². The maximum atomic E-state index is 13.5. The minimum absolute atomic E-state index is 0. The predicted molar refractivity (Wildman–Crippen MR) is 108 cm³/mol. The van der Waals surface area contributed by atoms with Crippen molar-refractivity contribution in [2.75, 3.05) is 19.6 Å². The SMILES string of the molecule is CCNC(=NCCNC(=O)c1ccc(C)c(F)c1)NC(C)CC.I. The monoisotopic (exact) mass is 450 g/mol. The molecule has 0 bridgehead atoms. The predicted octanol–water partition coefficient (Wildman–Crippen LogP) is 2.84. The van der Waals surface area contributed by atoms with Crippen molar-refractivity contribution in [3.05, 3.63) is 35.1 Å². The number of benzene rings is 1. The Balaban J connectivity index is 0.00000529. The Morgan fingerprint density at radius 3 is 2.58 bits per heavy atom. The first-order valence-electron chi connectivity index (χ1n) is 8.07.